The van der Waals surface area contributed by atoms with Crippen molar-refractivity contribution in [3.05, 3.63) is 23.7 Å². The molecule has 92 valence electrons. The molecule has 0 aliphatic heterocycles. The Morgan fingerprint density at radius 1 is 1.50 bits per heavy atom. The van der Waals surface area contributed by atoms with Crippen LogP contribution < -0.4 is 5.32 Å². The van der Waals surface area contributed by atoms with Crippen LogP contribution in [0.1, 0.15) is 31.6 Å². The van der Waals surface area contributed by atoms with E-state index in [4.69, 9.17) is 4.42 Å². The lowest BCUT2D eigenvalue weighted by Crippen LogP contribution is -2.33. The fourth-order valence-electron chi connectivity index (χ4n) is 1.59. The van der Waals surface area contributed by atoms with Crippen molar-refractivity contribution in [2.24, 2.45) is 0 Å². The highest BCUT2D eigenvalue weighted by Gasteiger charge is 2.05. The summed E-state index contributed by atoms with van der Waals surface area (Å²) in [6.45, 7) is 9.51. The number of hydrogen-bond acceptors (Lipinski definition) is 3. The molecule has 0 aliphatic rings. The molecule has 0 aliphatic carbocycles. The van der Waals surface area contributed by atoms with E-state index in [2.05, 4.69) is 31.1 Å². The van der Waals surface area contributed by atoms with Crippen molar-refractivity contribution in [3.63, 3.8) is 0 Å². The standard InChI is InChI=1S/C13H24N2O/c1-5-11(2)14-7-8-15(4)10-13-6-9-16-12(13)3/h6,9,11,14H,5,7-8,10H2,1-4H3. The van der Waals surface area contributed by atoms with E-state index in [-0.39, 0.29) is 0 Å². The molecule has 3 nitrogen and oxygen atoms in total. The summed E-state index contributed by atoms with van der Waals surface area (Å²) >= 11 is 0. The third-order valence-corrected chi connectivity index (χ3v) is 3.01. The molecule has 16 heavy (non-hydrogen) atoms. The van der Waals surface area contributed by atoms with Gasteiger partial charge in [0.15, 0.2) is 0 Å². The van der Waals surface area contributed by atoms with Gasteiger partial charge in [-0.1, -0.05) is 6.92 Å². The van der Waals surface area contributed by atoms with Gasteiger partial charge in [0, 0.05) is 31.2 Å². The summed E-state index contributed by atoms with van der Waals surface area (Å²) < 4.78 is 5.28. The number of likely N-dealkylation sites (N-methyl/N-ethyl adjacent to an activating group) is 1. The Morgan fingerprint density at radius 3 is 2.81 bits per heavy atom. The van der Waals surface area contributed by atoms with E-state index in [1.807, 2.05) is 13.0 Å². The molecular formula is C13H24N2O. The van der Waals surface area contributed by atoms with Crippen LogP contribution in [0.3, 0.4) is 0 Å². The number of nitrogens with one attached hydrogen (secondary N) is 1. The van der Waals surface area contributed by atoms with Gasteiger partial charge in [-0.15, -0.1) is 0 Å². The molecule has 1 atom stereocenters. The Balaban J connectivity index is 2.21. The predicted molar refractivity (Wildman–Crippen MR) is 67.5 cm³/mol. The summed E-state index contributed by atoms with van der Waals surface area (Å²) in [7, 11) is 2.14. The largest absolute Gasteiger partial charge is 0.469 e. The van der Waals surface area contributed by atoms with Crippen molar-refractivity contribution < 1.29 is 4.42 Å². The third kappa shape index (κ3) is 4.37. The van der Waals surface area contributed by atoms with Gasteiger partial charge in [-0.2, -0.15) is 0 Å². The summed E-state index contributed by atoms with van der Waals surface area (Å²) in [6, 6.07) is 2.66. The molecule has 1 N–H and O–H groups in total. The summed E-state index contributed by atoms with van der Waals surface area (Å²) in [6.07, 6.45) is 2.94. The Morgan fingerprint density at radius 2 is 2.25 bits per heavy atom. The fourth-order valence-corrected chi connectivity index (χ4v) is 1.59. The van der Waals surface area contributed by atoms with E-state index in [0.717, 1.165) is 25.4 Å². The van der Waals surface area contributed by atoms with E-state index >= 15 is 0 Å². The number of rotatable bonds is 7. The molecule has 1 rings (SSSR count). The molecule has 0 bridgehead atoms. The SMILES string of the molecule is CCC(C)NCCN(C)Cc1ccoc1C. The molecule has 3 heteroatoms. The highest BCUT2D eigenvalue weighted by Crippen LogP contribution is 2.10. The van der Waals surface area contributed by atoms with Gasteiger partial charge >= 0.3 is 0 Å². The predicted octanol–water partition coefficient (Wildman–Crippen LogP) is 2.41. The number of aryl methyl sites for hydroxylation is 1. The van der Waals surface area contributed by atoms with Crippen LogP contribution in [0.5, 0.6) is 0 Å². The molecule has 0 radical (unpaired) electrons. The highest BCUT2D eigenvalue weighted by atomic mass is 16.3. The van der Waals surface area contributed by atoms with Crippen molar-refractivity contribution in [2.45, 2.75) is 39.8 Å². The average molecular weight is 224 g/mol. The maximum atomic E-state index is 5.28. The van der Waals surface area contributed by atoms with Crippen LogP contribution in [0.25, 0.3) is 0 Å². The second-order valence-corrected chi connectivity index (χ2v) is 4.50. The van der Waals surface area contributed by atoms with Gasteiger partial charge in [0.2, 0.25) is 0 Å². The molecule has 0 saturated heterocycles. The monoisotopic (exact) mass is 224 g/mol. The molecule has 1 heterocycles. The van der Waals surface area contributed by atoms with E-state index < -0.39 is 0 Å². The van der Waals surface area contributed by atoms with Crippen LogP contribution in [-0.4, -0.2) is 31.1 Å². The zero-order valence-electron chi connectivity index (χ0n) is 10.9. The van der Waals surface area contributed by atoms with Crippen molar-refractivity contribution >= 4 is 0 Å². The second kappa shape index (κ2) is 6.71. The van der Waals surface area contributed by atoms with E-state index in [1.54, 1.807) is 6.26 Å². The van der Waals surface area contributed by atoms with E-state index in [1.165, 1.54) is 12.0 Å². The van der Waals surface area contributed by atoms with Crippen LogP contribution in [0, 0.1) is 6.92 Å². The lowest BCUT2D eigenvalue weighted by Gasteiger charge is -2.18. The molecule has 1 aromatic rings. The van der Waals surface area contributed by atoms with Gasteiger partial charge in [0.05, 0.1) is 6.26 Å². The number of hydrogen-bond donors (Lipinski definition) is 1. The van der Waals surface area contributed by atoms with Crippen molar-refractivity contribution in [2.75, 3.05) is 20.1 Å². The van der Waals surface area contributed by atoms with Gasteiger partial charge in [0.1, 0.15) is 5.76 Å². The van der Waals surface area contributed by atoms with Crippen LogP contribution in [0.15, 0.2) is 16.7 Å². The Labute approximate surface area is 98.8 Å². The van der Waals surface area contributed by atoms with Crippen molar-refractivity contribution in [1.29, 1.82) is 0 Å². The lowest BCUT2D eigenvalue weighted by atomic mass is 10.2. The second-order valence-electron chi connectivity index (χ2n) is 4.50. The molecule has 0 saturated carbocycles. The maximum Gasteiger partial charge on any atom is 0.105 e. The minimum absolute atomic E-state index is 0.615. The fraction of sp³-hybridized carbons (Fsp3) is 0.692. The minimum Gasteiger partial charge on any atom is -0.469 e. The quantitative estimate of drug-likeness (QED) is 0.771. The van der Waals surface area contributed by atoms with Crippen LogP contribution in [-0.2, 0) is 6.54 Å². The average Bonchev–Trinajstić information content (AvgIpc) is 2.64. The van der Waals surface area contributed by atoms with Crippen LogP contribution in [0.4, 0.5) is 0 Å². The molecule has 0 fully saturated rings. The summed E-state index contributed by atoms with van der Waals surface area (Å²) in [5.74, 6) is 1.03. The summed E-state index contributed by atoms with van der Waals surface area (Å²) in [5, 5.41) is 3.49. The first-order valence-electron chi connectivity index (χ1n) is 6.08. The molecule has 1 unspecified atom stereocenters. The molecule has 0 aromatic carbocycles. The zero-order valence-corrected chi connectivity index (χ0v) is 10.9. The summed E-state index contributed by atoms with van der Waals surface area (Å²) in [4.78, 5) is 2.31. The third-order valence-electron chi connectivity index (χ3n) is 3.01. The van der Waals surface area contributed by atoms with E-state index in [0.29, 0.717) is 6.04 Å². The number of furan rings is 1. The van der Waals surface area contributed by atoms with Crippen LogP contribution >= 0.6 is 0 Å². The van der Waals surface area contributed by atoms with Crippen molar-refractivity contribution in [3.8, 4) is 0 Å². The molecule has 0 amide bonds. The highest BCUT2D eigenvalue weighted by molar-refractivity contribution is 5.14. The Bertz CT molecular complexity index is 296. The molecule has 0 spiro atoms. The van der Waals surface area contributed by atoms with Crippen molar-refractivity contribution in [1.82, 2.24) is 10.2 Å². The van der Waals surface area contributed by atoms with Gasteiger partial charge in [0.25, 0.3) is 0 Å². The number of nitrogens with zero attached hydrogens (tertiary/aromatic N) is 1. The smallest absolute Gasteiger partial charge is 0.105 e. The van der Waals surface area contributed by atoms with Gasteiger partial charge in [-0.05, 0) is 33.4 Å². The topological polar surface area (TPSA) is 28.4 Å². The van der Waals surface area contributed by atoms with Gasteiger partial charge in [-0.25, -0.2) is 0 Å². The first-order valence-corrected chi connectivity index (χ1v) is 6.08. The van der Waals surface area contributed by atoms with Crippen LogP contribution in [0.2, 0.25) is 0 Å². The summed E-state index contributed by atoms with van der Waals surface area (Å²) in [5.41, 5.74) is 1.28. The zero-order chi connectivity index (χ0) is 12.0. The minimum atomic E-state index is 0.615. The molecule has 1 aromatic heterocycles. The Hall–Kier alpha value is -0.800. The van der Waals surface area contributed by atoms with Gasteiger partial charge < -0.3 is 14.6 Å². The first-order chi connectivity index (χ1) is 7.63. The maximum absolute atomic E-state index is 5.28. The normalized spacial score (nSPS) is 13.3. The van der Waals surface area contributed by atoms with Gasteiger partial charge in [-0.3, -0.25) is 0 Å². The lowest BCUT2D eigenvalue weighted by molar-refractivity contribution is 0.315. The van der Waals surface area contributed by atoms with E-state index in [9.17, 15) is 0 Å². The Kier molecular flexibility index (Phi) is 5.56. The molecular weight excluding hydrogens is 200 g/mol. The first kappa shape index (κ1) is 13.3.